The predicted molar refractivity (Wildman–Crippen MR) is 118 cm³/mol. The number of piperazine rings is 1. The monoisotopic (exact) mass is 412 g/mol. The largest absolute Gasteiger partial charge is 0.492 e. The van der Waals surface area contributed by atoms with E-state index in [1.165, 1.54) is 5.56 Å². The summed E-state index contributed by atoms with van der Waals surface area (Å²) in [6, 6.07) is 8.13. The maximum atomic E-state index is 12.5. The quantitative estimate of drug-likeness (QED) is 0.674. The third-order valence-corrected chi connectivity index (χ3v) is 6.79. The minimum absolute atomic E-state index is 0.0150. The Morgan fingerprint density at radius 3 is 2.59 bits per heavy atom. The number of aromatic amines is 1. The zero-order valence-electron chi connectivity index (χ0n) is 17.3. The lowest BCUT2D eigenvalue weighted by molar-refractivity contribution is 0.110. The van der Waals surface area contributed by atoms with Crippen molar-refractivity contribution in [2.45, 2.75) is 27.3 Å². The van der Waals surface area contributed by atoms with Gasteiger partial charge in [-0.1, -0.05) is 18.2 Å². The summed E-state index contributed by atoms with van der Waals surface area (Å²) in [6.45, 7) is 12.4. The van der Waals surface area contributed by atoms with E-state index in [-0.39, 0.29) is 5.56 Å². The first-order valence-corrected chi connectivity index (χ1v) is 10.9. The molecule has 1 fully saturated rings. The fourth-order valence-corrected chi connectivity index (χ4v) is 4.81. The number of nitrogens with one attached hydrogen (secondary N) is 1. The number of hydrogen-bond acceptors (Lipinski definition) is 6. The van der Waals surface area contributed by atoms with Gasteiger partial charge in [-0.3, -0.25) is 14.6 Å². The fourth-order valence-electron chi connectivity index (χ4n) is 3.76. The summed E-state index contributed by atoms with van der Waals surface area (Å²) in [7, 11) is 0. The van der Waals surface area contributed by atoms with Gasteiger partial charge < -0.3 is 9.72 Å². The zero-order valence-corrected chi connectivity index (χ0v) is 18.1. The summed E-state index contributed by atoms with van der Waals surface area (Å²) in [5.74, 6) is 1.73. The van der Waals surface area contributed by atoms with Gasteiger partial charge in [-0.25, -0.2) is 4.98 Å². The summed E-state index contributed by atoms with van der Waals surface area (Å²) in [5, 5.41) is 0.745. The van der Waals surface area contributed by atoms with E-state index in [1.54, 1.807) is 11.3 Å². The Balaban J connectivity index is 1.28. The number of aryl methyl sites for hydroxylation is 3. The summed E-state index contributed by atoms with van der Waals surface area (Å²) >= 11 is 1.61. The molecular formula is C22H28N4O2S. The second-order valence-electron chi connectivity index (χ2n) is 7.71. The normalized spacial score (nSPS) is 15.8. The molecule has 154 valence electrons. The highest BCUT2D eigenvalue weighted by molar-refractivity contribution is 7.18. The number of H-pyrrole nitrogens is 1. The van der Waals surface area contributed by atoms with Gasteiger partial charge in [0.2, 0.25) is 0 Å². The van der Waals surface area contributed by atoms with Crippen molar-refractivity contribution >= 4 is 21.6 Å². The summed E-state index contributed by atoms with van der Waals surface area (Å²) in [4.78, 5) is 27.0. The summed E-state index contributed by atoms with van der Waals surface area (Å²) in [5.41, 5.74) is 2.21. The topological polar surface area (TPSA) is 61.5 Å². The third kappa shape index (κ3) is 4.52. The van der Waals surface area contributed by atoms with Crippen LogP contribution in [0.3, 0.4) is 0 Å². The van der Waals surface area contributed by atoms with Crippen molar-refractivity contribution in [3.63, 3.8) is 0 Å². The van der Waals surface area contributed by atoms with E-state index in [2.05, 4.69) is 27.8 Å². The highest BCUT2D eigenvalue weighted by atomic mass is 32.1. The van der Waals surface area contributed by atoms with Gasteiger partial charge in [0.05, 0.1) is 11.9 Å². The third-order valence-electron chi connectivity index (χ3n) is 5.69. The molecule has 3 aromatic rings. The molecule has 29 heavy (non-hydrogen) atoms. The van der Waals surface area contributed by atoms with Gasteiger partial charge in [-0.15, -0.1) is 11.3 Å². The fraction of sp³-hybridized carbons (Fsp3) is 0.455. The molecule has 1 aliphatic rings. The van der Waals surface area contributed by atoms with Crippen molar-refractivity contribution in [2.75, 3.05) is 39.3 Å². The molecule has 0 spiro atoms. The minimum Gasteiger partial charge on any atom is -0.492 e. The van der Waals surface area contributed by atoms with E-state index in [9.17, 15) is 4.79 Å². The van der Waals surface area contributed by atoms with E-state index < -0.39 is 0 Å². The maximum Gasteiger partial charge on any atom is 0.259 e. The lowest BCUT2D eigenvalue weighted by atomic mass is 10.2. The Labute approximate surface area is 175 Å². The number of para-hydroxylation sites is 1. The van der Waals surface area contributed by atoms with Crippen LogP contribution in [0.15, 0.2) is 29.1 Å². The molecular weight excluding hydrogens is 384 g/mol. The van der Waals surface area contributed by atoms with E-state index in [1.807, 2.05) is 32.0 Å². The molecule has 6 nitrogen and oxygen atoms in total. The summed E-state index contributed by atoms with van der Waals surface area (Å²) < 4.78 is 5.92. The molecule has 0 bridgehead atoms. The van der Waals surface area contributed by atoms with Crippen molar-refractivity contribution in [1.82, 2.24) is 19.8 Å². The predicted octanol–water partition coefficient (Wildman–Crippen LogP) is 3.11. The molecule has 0 saturated carbocycles. The SMILES string of the molecule is Cc1ccccc1OCCN1CCN(Cc2nc3sc(C)c(C)c3c(=O)[nH]2)CC1. The number of aromatic nitrogens is 2. The maximum absolute atomic E-state index is 12.5. The molecule has 0 atom stereocenters. The Bertz CT molecular complexity index is 1050. The van der Waals surface area contributed by atoms with E-state index in [0.29, 0.717) is 13.2 Å². The molecule has 3 heterocycles. The van der Waals surface area contributed by atoms with Crippen molar-refractivity contribution in [2.24, 2.45) is 0 Å². The Morgan fingerprint density at radius 2 is 1.83 bits per heavy atom. The van der Waals surface area contributed by atoms with Crippen LogP contribution in [0.2, 0.25) is 0 Å². The Kier molecular flexibility index (Phi) is 5.99. The van der Waals surface area contributed by atoms with Gasteiger partial charge in [-0.2, -0.15) is 0 Å². The average molecular weight is 413 g/mol. The first kappa shape index (κ1) is 20.1. The first-order valence-electron chi connectivity index (χ1n) is 10.1. The zero-order chi connectivity index (χ0) is 20.4. The van der Waals surface area contributed by atoms with Crippen LogP contribution in [-0.2, 0) is 6.54 Å². The standard InChI is InChI=1S/C22H28N4O2S/c1-15-6-4-5-7-18(15)28-13-12-25-8-10-26(11-9-25)14-19-23-21(27)20-16(2)17(3)29-22(20)24-19/h4-7H,8-14H2,1-3H3,(H,23,24,27). The van der Waals surface area contributed by atoms with Crippen LogP contribution in [-0.4, -0.2) is 59.1 Å². The minimum atomic E-state index is -0.0150. The number of ether oxygens (including phenoxy) is 1. The van der Waals surface area contributed by atoms with Crippen LogP contribution in [0.25, 0.3) is 10.2 Å². The molecule has 0 aliphatic carbocycles. The van der Waals surface area contributed by atoms with Crippen molar-refractivity contribution in [1.29, 1.82) is 0 Å². The van der Waals surface area contributed by atoms with Crippen LogP contribution in [0.4, 0.5) is 0 Å². The Hall–Kier alpha value is -2.22. The number of fused-ring (bicyclic) bond motifs is 1. The van der Waals surface area contributed by atoms with Crippen LogP contribution >= 0.6 is 11.3 Å². The van der Waals surface area contributed by atoms with Gasteiger partial charge in [-0.05, 0) is 38.0 Å². The van der Waals surface area contributed by atoms with Crippen molar-refractivity contribution in [3.05, 3.63) is 56.4 Å². The van der Waals surface area contributed by atoms with Crippen LogP contribution in [0.5, 0.6) is 5.75 Å². The second-order valence-corrected chi connectivity index (χ2v) is 8.91. The number of rotatable bonds is 6. The second kappa shape index (κ2) is 8.65. The molecule has 1 aromatic carbocycles. The molecule has 4 rings (SSSR count). The Morgan fingerprint density at radius 1 is 1.10 bits per heavy atom. The molecule has 1 saturated heterocycles. The van der Waals surface area contributed by atoms with Crippen molar-refractivity contribution in [3.8, 4) is 5.75 Å². The number of nitrogens with zero attached hydrogens (tertiary/aromatic N) is 3. The van der Waals surface area contributed by atoms with Crippen LogP contribution < -0.4 is 10.3 Å². The van der Waals surface area contributed by atoms with E-state index >= 15 is 0 Å². The van der Waals surface area contributed by atoms with Crippen molar-refractivity contribution < 1.29 is 4.74 Å². The summed E-state index contributed by atoms with van der Waals surface area (Å²) in [6.07, 6.45) is 0. The first-order chi connectivity index (χ1) is 14.0. The van der Waals surface area contributed by atoms with Gasteiger partial charge in [0.1, 0.15) is 23.0 Å². The van der Waals surface area contributed by atoms with Gasteiger partial charge in [0.25, 0.3) is 5.56 Å². The molecule has 0 amide bonds. The van der Waals surface area contributed by atoms with Crippen LogP contribution in [0, 0.1) is 20.8 Å². The average Bonchev–Trinajstić information content (AvgIpc) is 2.99. The molecule has 7 heteroatoms. The molecule has 1 aliphatic heterocycles. The number of benzene rings is 1. The number of thiophene rings is 1. The smallest absolute Gasteiger partial charge is 0.259 e. The number of hydrogen-bond donors (Lipinski definition) is 1. The molecule has 0 unspecified atom stereocenters. The lowest BCUT2D eigenvalue weighted by Gasteiger charge is -2.34. The van der Waals surface area contributed by atoms with E-state index in [0.717, 1.165) is 65.0 Å². The van der Waals surface area contributed by atoms with Gasteiger partial charge in [0, 0.05) is 37.6 Å². The van der Waals surface area contributed by atoms with E-state index in [4.69, 9.17) is 9.72 Å². The highest BCUT2D eigenvalue weighted by Gasteiger charge is 2.19. The van der Waals surface area contributed by atoms with Gasteiger partial charge >= 0.3 is 0 Å². The lowest BCUT2D eigenvalue weighted by Crippen LogP contribution is -2.47. The molecule has 2 aromatic heterocycles. The highest BCUT2D eigenvalue weighted by Crippen LogP contribution is 2.25. The molecule has 1 N–H and O–H groups in total. The van der Waals surface area contributed by atoms with Crippen LogP contribution in [0.1, 0.15) is 21.8 Å². The van der Waals surface area contributed by atoms with Gasteiger partial charge in [0.15, 0.2) is 0 Å². The molecule has 0 radical (unpaired) electrons.